The summed E-state index contributed by atoms with van der Waals surface area (Å²) in [7, 11) is 1.77. The van der Waals surface area contributed by atoms with Gasteiger partial charge in [-0.2, -0.15) is 0 Å². The normalized spacial score (nSPS) is 10.6. The minimum Gasteiger partial charge on any atom is -0.325 e. The summed E-state index contributed by atoms with van der Waals surface area (Å²) in [5.41, 5.74) is 2.39. The van der Waals surface area contributed by atoms with Crippen molar-refractivity contribution in [2.24, 2.45) is 7.05 Å². The second-order valence-electron chi connectivity index (χ2n) is 6.34. The van der Waals surface area contributed by atoms with Gasteiger partial charge in [-0.1, -0.05) is 47.6 Å². The summed E-state index contributed by atoms with van der Waals surface area (Å²) in [6.07, 6.45) is 0.0904. The van der Waals surface area contributed by atoms with Crippen LogP contribution in [0.4, 0.5) is 11.4 Å². The number of halogens is 1. The molecule has 1 aromatic heterocycles. The number of nitrogens with zero attached hydrogens (tertiary/aromatic N) is 3. The van der Waals surface area contributed by atoms with Gasteiger partial charge >= 0.3 is 0 Å². The van der Waals surface area contributed by atoms with Crippen molar-refractivity contribution in [3.63, 3.8) is 0 Å². The monoisotopic (exact) mass is 429 g/mol. The predicted molar refractivity (Wildman–Crippen MR) is 115 cm³/mol. The maximum Gasteiger partial charge on any atom is 0.234 e. The minimum absolute atomic E-state index is 0.0904. The average Bonchev–Trinajstić information content (AvgIpc) is 3.01. The number of para-hydroxylation sites is 1. The van der Waals surface area contributed by atoms with E-state index in [1.807, 2.05) is 31.2 Å². The van der Waals surface area contributed by atoms with E-state index in [2.05, 4.69) is 20.8 Å². The number of carbonyl (C=O) groups is 2. The van der Waals surface area contributed by atoms with Gasteiger partial charge in [0.2, 0.25) is 11.8 Å². The van der Waals surface area contributed by atoms with Crippen LogP contribution in [-0.4, -0.2) is 32.3 Å². The highest BCUT2D eigenvalue weighted by Crippen LogP contribution is 2.19. The molecule has 7 nitrogen and oxygen atoms in total. The van der Waals surface area contributed by atoms with Crippen LogP contribution in [0.1, 0.15) is 11.4 Å². The standard InChI is InChI=1S/C20H20ClN5O2S/c1-13-6-3-4-9-16(13)23-18(27)11-17-24-25-20(26(17)2)29-12-19(28)22-15-8-5-7-14(21)10-15/h3-10H,11-12H2,1-2H3,(H,22,28)(H,23,27). The summed E-state index contributed by atoms with van der Waals surface area (Å²) >= 11 is 7.16. The van der Waals surface area contributed by atoms with Gasteiger partial charge < -0.3 is 15.2 Å². The molecule has 0 atom stereocenters. The smallest absolute Gasteiger partial charge is 0.234 e. The number of hydrogen-bond acceptors (Lipinski definition) is 5. The first kappa shape index (κ1) is 20.9. The number of anilines is 2. The third-order valence-corrected chi connectivity index (χ3v) is 5.36. The van der Waals surface area contributed by atoms with E-state index in [4.69, 9.17) is 11.6 Å². The zero-order chi connectivity index (χ0) is 20.8. The van der Waals surface area contributed by atoms with E-state index in [-0.39, 0.29) is 24.0 Å². The first-order valence-electron chi connectivity index (χ1n) is 8.84. The van der Waals surface area contributed by atoms with E-state index < -0.39 is 0 Å². The molecule has 0 saturated heterocycles. The summed E-state index contributed by atoms with van der Waals surface area (Å²) < 4.78 is 1.72. The van der Waals surface area contributed by atoms with Crippen molar-refractivity contribution < 1.29 is 9.59 Å². The van der Waals surface area contributed by atoms with Crippen LogP contribution in [0, 0.1) is 6.92 Å². The van der Waals surface area contributed by atoms with Crippen molar-refractivity contribution in [2.75, 3.05) is 16.4 Å². The minimum atomic E-state index is -0.181. The molecule has 0 saturated carbocycles. The van der Waals surface area contributed by atoms with Gasteiger partial charge in [-0.25, -0.2) is 0 Å². The average molecular weight is 430 g/mol. The van der Waals surface area contributed by atoms with Gasteiger partial charge in [0.25, 0.3) is 0 Å². The number of aromatic nitrogens is 3. The number of benzene rings is 2. The van der Waals surface area contributed by atoms with Crippen LogP contribution in [-0.2, 0) is 23.1 Å². The molecule has 0 aliphatic heterocycles. The van der Waals surface area contributed by atoms with E-state index in [0.29, 0.717) is 21.7 Å². The lowest BCUT2D eigenvalue weighted by Gasteiger charge is -2.08. The first-order chi connectivity index (χ1) is 13.9. The summed E-state index contributed by atoms with van der Waals surface area (Å²) in [5, 5.41) is 14.9. The number of carbonyl (C=O) groups excluding carboxylic acids is 2. The molecule has 0 unspecified atom stereocenters. The fourth-order valence-corrected chi connectivity index (χ4v) is 3.49. The third kappa shape index (κ3) is 5.82. The van der Waals surface area contributed by atoms with E-state index in [1.54, 1.807) is 35.9 Å². The van der Waals surface area contributed by atoms with Gasteiger partial charge in [-0.05, 0) is 36.8 Å². The van der Waals surface area contributed by atoms with Gasteiger partial charge in [0.1, 0.15) is 5.82 Å². The summed E-state index contributed by atoms with van der Waals surface area (Å²) in [6.45, 7) is 1.93. The van der Waals surface area contributed by atoms with Gasteiger partial charge in [0.15, 0.2) is 5.16 Å². The first-order valence-corrected chi connectivity index (χ1v) is 10.2. The van der Waals surface area contributed by atoms with E-state index in [1.165, 1.54) is 11.8 Å². The molecule has 3 aromatic rings. The molecular formula is C20H20ClN5O2S. The third-order valence-electron chi connectivity index (χ3n) is 4.10. The summed E-state index contributed by atoms with van der Waals surface area (Å²) in [5.74, 6) is 0.325. The van der Waals surface area contributed by atoms with E-state index in [0.717, 1.165) is 11.3 Å². The van der Waals surface area contributed by atoms with Crippen molar-refractivity contribution in [2.45, 2.75) is 18.5 Å². The Balaban J connectivity index is 1.54. The maximum atomic E-state index is 12.3. The van der Waals surface area contributed by atoms with Gasteiger partial charge in [-0.15, -0.1) is 10.2 Å². The van der Waals surface area contributed by atoms with E-state index in [9.17, 15) is 9.59 Å². The number of rotatable bonds is 7. The van der Waals surface area contributed by atoms with Crippen molar-refractivity contribution in [3.8, 4) is 0 Å². The summed E-state index contributed by atoms with van der Waals surface area (Å²) in [4.78, 5) is 24.4. The largest absolute Gasteiger partial charge is 0.325 e. The molecule has 3 rings (SSSR count). The van der Waals surface area contributed by atoms with Crippen molar-refractivity contribution in [3.05, 3.63) is 64.9 Å². The van der Waals surface area contributed by atoms with Crippen LogP contribution in [0.15, 0.2) is 53.7 Å². The summed E-state index contributed by atoms with van der Waals surface area (Å²) in [6, 6.07) is 14.5. The molecule has 0 aliphatic rings. The van der Waals surface area contributed by atoms with Crippen LogP contribution >= 0.6 is 23.4 Å². The highest BCUT2D eigenvalue weighted by Gasteiger charge is 2.15. The molecule has 2 amide bonds. The molecule has 9 heteroatoms. The van der Waals surface area contributed by atoms with Crippen LogP contribution < -0.4 is 10.6 Å². The van der Waals surface area contributed by atoms with Gasteiger partial charge in [0.05, 0.1) is 12.2 Å². The lowest BCUT2D eigenvalue weighted by molar-refractivity contribution is -0.116. The Morgan fingerprint density at radius 1 is 1.07 bits per heavy atom. The number of aryl methyl sites for hydroxylation is 1. The van der Waals surface area contributed by atoms with Gasteiger partial charge in [-0.3, -0.25) is 9.59 Å². The van der Waals surface area contributed by atoms with Crippen molar-refractivity contribution in [1.82, 2.24) is 14.8 Å². The molecule has 0 aliphatic carbocycles. The number of thioether (sulfide) groups is 1. The topological polar surface area (TPSA) is 88.9 Å². The fourth-order valence-electron chi connectivity index (χ4n) is 2.57. The molecule has 0 fully saturated rings. The number of amides is 2. The molecule has 0 bridgehead atoms. The Morgan fingerprint density at radius 2 is 1.86 bits per heavy atom. The van der Waals surface area contributed by atoms with Crippen LogP contribution in [0.3, 0.4) is 0 Å². The molecule has 0 spiro atoms. The molecular weight excluding hydrogens is 410 g/mol. The molecule has 0 radical (unpaired) electrons. The highest BCUT2D eigenvalue weighted by molar-refractivity contribution is 7.99. The van der Waals surface area contributed by atoms with Crippen LogP contribution in [0.25, 0.3) is 0 Å². The Morgan fingerprint density at radius 3 is 2.62 bits per heavy atom. The lowest BCUT2D eigenvalue weighted by atomic mass is 10.2. The van der Waals surface area contributed by atoms with E-state index >= 15 is 0 Å². The molecule has 1 heterocycles. The fraction of sp³-hybridized carbons (Fsp3) is 0.200. The zero-order valence-electron chi connectivity index (χ0n) is 16.0. The maximum absolute atomic E-state index is 12.3. The highest BCUT2D eigenvalue weighted by atomic mass is 35.5. The number of hydrogen-bond donors (Lipinski definition) is 2. The zero-order valence-corrected chi connectivity index (χ0v) is 17.5. The second kappa shape index (κ2) is 9.58. The van der Waals surface area contributed by atoms with Crippen molar-refractivity contribution in [1.29, 1.82) is 0 Å². The second-order valence-corrected chi connectivity index (χ2v) is 7.72. The Kier molecular flexibility index (Phi) is 6.90. The number of nitrogens with one attached hydrogen (secondary N) is 2. The van der Waals surface area contributed by atoms with Crippen LogP contribution in [0.5, 0.6) is 0 Å². The predicted octanol–water partition coefficient (Wildman–Crippen LogP) is 3.69. The van der Waals surface area contributed by atoms with Crippen LogP contribution in [0.2, 0.25) is 5.02 Å². The lowest BCUT2D eigenvalue weighted by Crippen LogP contribution is -2.17. The Bertz CT molecular complexity index is 1040. The van der Waals surface area contributed by atoms with Gasteiger partial charge in [0, 0.05) is 23.4 Å². The molecule has 2 aromatic carbocycles. The Hall–Kier alpha value is -2.84. The molecule has 29 heavy (non-hydrogen) atoms. The Labute approximate surface area is 177 Å². The quantitative estimate of drug-likeness (QED) is 0.559. The van der Waals surface area contributed by atoms with Crippen molar-refractivity contribution >= 4 is 46.6 Å². The molecule has 2 N–H and O–H groups in total. The SMILES string of the molecule is Cc1ccccc1NC(=O)Cc1nnc(SCC(=O)Nc2cccc(Cl)c2)n1C. The molecule has 150 valence electrons.